The lowest BCUT2D eigenvalue weighted by atomic mass is 10.1. The second kappa shape index (κ2) is 9.27. The number of rotatable bonds is 7. The molecule has 0 bridgehead atoms. The number of hydrogen-bond acceptors (Lipinski definition) is 6. The summed E-state index contributed by atoms with van der Waals surface area (Å²) in [7, 11) is 0. The van der Waals surface area contributed by atoms with Crippen molar-refractivity contribution in [3.63, 3.8) is 0 Å². The summed E-state index contributed by atoms with van der Waals surface area (Å²) in [6, 6.07) is 4.24. The second-order valence-electron chi connectivity index (χ2n) is 6.46. The number of nitrogens with two attached hydrogens (primary N) is 3. The van der Waals surface area contributed by atoms with Crippen molar-refractivity contribution in [2.45, 2.75) is 20.4 Å². The number of thiophene rings is 1. The summed E-state index contributed by atoms with van der Waals surface area (Å²) in [5.41, 5.74) is 20.5. The fraction of sp³-hybridized carbons (Fsp3) is 0.143. The lowest BCUT2D eigenvalue weighted by molar-refractivity contribution is -0.113. The van der Waals surface area contributed by atoms with Crippen molar-refractivity contribution in [3.8, 4) is 0 Å². The number of nitrogens with zero attached hydrogens (tertiary/aromatic N) is 1. The molecule has 0 aliphatic carbocycles. The molecular formula is C21H24FN5O2S. The Labute approximate surface area is 178 Å². The highest BCUT2D eigenvalue weighted by atomic mass is 32.1. The van der Waals surface area contributed by atoms with Gasteiger partial charge in [0.15, 0.2) is 0 Å². The van der Waals surface area contributed by atoms with E-state index in [9.17, 15) is 14.0 Å². The summed E-state index contributed by atoms with van der Waals surface area (Å²) < 4.78 is 14.5. The number of hydrogen-bond donors (Lipinski definition) is 4. The maximum Gasteiger partial charge on any atom is 0.263 e. The predicted molar refractivity (Wildman–Crippen MR) is 121 cm³/mol. The first kappa shape index (κ1) is 22.7. The summed E-state index contributed by atoms with van der Waals surface area (Å²) in [6.45, 7) is 10.4. The molecule has 1 aromatic heterocycles. The Balaban J connectivity index is 2.20. The number of carbonyl (C=O) groups excluding carboxylic acids is 2. The van der Waals surface area contributed by atoms with E-state index in [2.05, 4.69) is 18.5 Å². The van der Waals surface area contributed by atoms with Gasteiger partial charge in [0.1, 0.15) is 10.7 Å². The SMILES string of the molecule is C=CC(=O)N(C=C)c1ccc(CNC(=O)c2sc(N)c(/C(C)=C(/C)N)c2N)cc1F. The summed E-state index contributed by atoms with van der Waals surface area (Å²) in [6.07, 6.45) is 2.26. The van der Waals surface area contributed by atoms with Crippen LogP contribution in [-0.4, -0.2) is 11.8 Å². The molecule has 7 nitrogen and oxygen atoms in total. The van der Waals surface area contributed by atoms with Gasteiger partial charge in [-0.2, -0.15) is 0 Å². The molecule has 2 aromatic rings. The molecule has 0 saturated heterocycles. The summed E-state index contributed by atoms with van der Waals surface area (Å²) in [5.74, 6) is -1.58. The van der Waals surface area contributed by atoms with Crippen LogP contribution in [0.5, 0.6) is 0 Å². The Morgan fingerprint density at radius 1 is 1.27 bits per heavy atom. The zero-order valence-corrected chi connectivity index (χ0v) is 17.6. The monoisotopic (exact) mass is 429 g/mol. The van der Waals surface area contributed by atoms with Crippen LogP contribution in [0.4, 0.5) is 20.8 Å². The maximum absolute atomic E-state index is 14.5. The average molecular weight is 430 g/mol. The minimum atomic E-state index is -0.641. The number of anilines is 3. The lowest BCUT2D eigenvalue weighted by Gasteiger charge is -2.17. The molecule has 2 amide bonds. The number of benzene rings is 1. The number of nitrogen functional groups attached to an aromatic ring is 2. The first-order valence-corrected chi connectivity index (χ1v) is 9.69. The second-order valence-corrected chi connectivity index (χ2v) is 7.51. The Morgan fingerprint density at radius 2 is 1.93 bits per heavy atom. The van der Waals surface area contributed by atoms with Crippen molar-refractivity contribution in [2.24, 2.45) is 5.73 Å². The molecular weight excluding hydrogens is 405 g/mol. The average Bonchev–Trinajstić information content (AvgIpc) is 3.01. The van der Waals surface area contributed by atoms with Crippen LogP contribution < -0.4 is 27.4 Å². The molecule has 0 radical (unpaired) electrons. The van der Waals surface area contributed by atoms with Gasteiger partial charge in [-0.05, 0) is 43.2 Å². The molecule has 0 spiro atoms. The molecule has 0 saturated carbocycles. The van der Waals surface area contributed by atoms with E-state index in [1.54, 1.807) is 19.9 Å². The van der Waals surface area contributed by atoms with Crippen LogP contribution in [-0.2, 0) is 11.3 Å². The van der Waals surface area contributed by atoms with E-state index in [1.807, 2.05) is 0 Å². The summed E-state index contributed by atoms with van der Waals surface area (Å²) in [5, 5.41) is 3.09. The minimum absolute atomic E-state index is 0.0318. The lowest BCUT2D eigenvalue weighted by Crippen LogP contribution is -2.24. The fourth-order valence-electron chi connectivity index (χ4n) is 2.74. The molecule has 0 aliphatic rings. The van der Waals surface area contributed by atoms with Crippen LogP contribution >= 0.6 is 11.3 Å². The minimum Gasteiger partial charge on any atom is -0.402 e. The van der Waals surface area contributed by atoms with Crippen LogP contribution in [0.3, 0.4) is 0 Å². The molecule has 30 heavy (non-hydrogen) atoms. The molecule has 7 N–H and O–H groups in total. The van der Waals surface area contributed by atoms with Gasteiger partial charge in [-0.1, -0.05) is 19.2 Å². The van der Waals surface area contributed by atoms with E-state index in [4.69, 9.17) is 17.2 Å². The van der Waals surface area contributed by atoms with E-state index in [-0.39, 0.29) is 22.8 Å². The van der Waals surface area contributed by atoms with Crippen LogP contribution in [0.2, 0.25) is 0 Å². The molecule has 0 atom stereocenters. The molecule has 158 valence electrons. The van der Waals surface area contributed by atoms with Crippen molar-refractivity contribution in [3.05, 3.63) is 71.2 Å². The van der Waals surface area contributed by atoms with Gasteiger partial charge in [-0.3, -0.25) is 14.5 Å². The molecule has 0 unspecified atom stereocenters. The topological polar surface area (TPSA) is 127 Å². The van der Waals surface area contributed by atoms with Crippen molar-refractivity contribution in [1.29, 1.82) is 0 Å². The van der Waals surface area contributed by atoms with Gasteiger partial charge in [-0.15, -0.1) is 11.3 Å². The van der Waals surface area contributed by atoms with Crippen LogP contribution in [0, 0.1) is 5.82 Å². The molecule has 0 aliphatic heterocycles. The van der Waals surface area contributed by atoms with Gasteiger partial charge < -0.3 is 22.5 Å². The first-order valence-electron chi connectivity index (χ1n) is 8.88. The van der Waals surface area contributed by atoms with Crippen LogP contribution in [0.15, 0.2) is 49.3 Å². The number of carbonyl (C=O) groups is 2. The van der Waals surface area contributed by atoms with Crippen molar-refractivity contribution < 1.29 is 14.0 Å². The fourth-order valence-corrected chi connectivity index (χ4v) is 3.70. The molecule has 0 fully saturated rings. The van der Waals surface area contributed by atoms with E-state index in [0.29, 0.717) is 27.4 Å². The molecule has 1 heterocycles. The Hall–Kier alpha value is -3.59. The quantitative estimate of drug-likeness (QED) is 0.502. The number of nitrogens with one attached hydrogen (secondary N) is 1. The third-order valence-corrected chi connectivity index (χ3v) is 5.50. The van der Waals surface area contributed by atoms with E-state index >= 15 is 0 Å². The van der Waals surface area contributed by atoms with Crippen molar-refractivity contribution in [1.82, 2.24) is 5.32 Å². The number of amides is 2. The van der Waals surface area contributed by atoms with Crippen molar-refractivity contribution >= 4 is 45.1 Å². The van der Waals surface area contributed by atoms with Crippen molar-refractivity contribution in [2.75, 3.05) is 16.4 Å². The smallest absolute Gasteiger partial charge is 0.263 e. The summed E-state index contributed by atoms with van der Waals surface area (Å²) >= 11 is 1.06. The third-order valence-electron chi connectivity index (χ3n) is 4.46. The van der Waals surface area contributed by atoms with Gasteiger partial charge in [0, 0.05) is 24.0 Å². The van der Waals surface area contributed by atoms with E-state index in [0.717, 1.165) is 22.3 Å². The van der Waals surface area contributed by atoms with Gasteiger partial charge in [0.25, 0.3) is 11.8 Å². The maximum atomic E-state index is 14.5. The highest BCUT2D eigenvalue weighted by Crippen LogP contribution is 2.38. The normalized spacial score (nSPS) is 11.4. The number of allylic oxidation sites excluding steroid dienone is 2. The Bertz CT molecular complexity index is 1050. The Morgan fingerprint density at radius 3 is 2.47 bits per heavy atom. The standard InChI is InChI=1S/C21H24FN5O2S/c1-5-16(28)27(6-2)15-8-7-13(9-14(15)22)10-26-21(29)19-18(24)17(20(25)30-19)11(3)12(4)23/h5-9H,1-2,10,23-25H2,3-4H3,(H,26,29)/b12-11-. The van der Waals surface area contributed by atoms with Gasteiger partial charge in [0.2, 0.25) is 0 Å². The third kappa shape index (κ3) is 4.52. The van der Waals surface area contributed by atoms with E-state index in [1.165, 1.54) is 18.3 Å². The largest absolute Gasteiger partial charge is 0.402 e. The van der Waals surface area contributed by atoms with Gasteiger partial charge in [-0.25, -0.2) is 4.39 Å². The Kier molecular flexibility index (Phi) is 7.01. The van der Waals surface area contributed by atoms with Gasteiger partial charge >= 0.3 is 0 Å². The highest BCUT2D eigenvalue weighted by Gasteiger charge is 2.21. The zero-order chi connectivity index (χ0) is 22.6. The van der Waals surface area contributed by atoms with Crippen LogP contribution in [0.25, 0.3) is 5.57 Å². The highest BCUT2D eigenvalue weighted by molar-refractivity contribution is 7.18. The van der Waals surface area contributed by atoms with Crippen LogP contribution in [0.1, 0.15) is 34.6 Å². The predicted octanol–water partition coefficient (Wildman–Crippen LogP) is 3.35. The summed E-state index contributed by atoms with van der Waals surface area (Å²) in [4.78, 5) is 25.7. The molecule has 1 aromatic carbocycles. The first-order chi connectivity index (χ1) is 14.1. The number of halogens is 1. The molecule has 9 heteroatoms. The zero-order valence-electron chi connectivity index (χ0n) is 16.8. The molecule has 2 rings (SSSR count). The van der Waals surface area contributed by atoms with E-state index < -0.39 is 17.6 Å². The van der Waals surface area contributed by atoms with Gasteiger partial charge in [0.05, 0.1) is 16.4 Å².